The van der Waals surface area contributed by atoms with Gasteiger partial charge in [-0.15, -0.1) is 0 Å². The second-order valence-electron chi connectivity index (χ2n) is 9.04. The Morgan fingerprint density at radius 3 is 2.50 bits per heavy atom. The van der Waals surface area contributed by atoms with Gasteiger partial charge in [0.1, 0.15) is 0 Å². The molecular weight excluding hydrogens is 326 g/mol. The van der Waals surface area contributed by atoms with Crippen LogP contribution in [0.5, 0.6) is 0 Å². The first-order valence-corrected chi connectivity index (χ1v) is 11.0. The summed E-state index contributed by atoms with van der Waals surface area (Å²) in [5.41, 5.74) is 0.457. The molecule has 0 bridgehead atoms. The zero-order chi connectivity index (χ0) is 19.0. The first-order valence-electron chi connectivity index (χ1n) is 11.0. The summed E-state index contributed by atoms with van der Waals surface area (Å²) in [5.74, 6) is 0.548. The molecule has 1 aliphatic carbocycles. The normalized spacial score (nSPS) is 29.8. The highest BCUT2D eigenvalue weighted by molar-refractivity contribution is 4.90. The fraction of sp³-hybridized carbons (Fsp3) is 1.00. The number of hydrogen-bond donors (Lipinski definition) is 0. The molecule has 4 nitrogen and oxygen atoms in total. The van der Waals surface area contributed by atoms with Crippen LogP contribution in [-0.4, -0.2) is 56.7 Å². The molecule has 1 saturated heterocycles. The van der Waals surface area contributed by atoms with E-state index in [0.717, 1.165) is 64.4 Å². The molecule has 0 aromatic carbocycles. The van der Waals surface area contributed by atoms with E-state index in [1.807, 2.05) is 0 Å². The van der Waals surface area contributed by atoms with Crippen LogP contribution in [0.15, 0.2) is 0 Å². The number of ether oxygens (including phenoxy) is 3. The highest BCUT2D eigenvalue weighted by Gasteiger charge is 2.46. The summed E-state index contributed by atoms with van der Waals surface area (Å²) in [4.78, 5) is 2.50. The highest BCUT2D eigenvalue weighted by atomic mass is 16.7. The predicted octanol–water partition coefficient (Wildman–Crippen LogP) is 4.86. The van der Waals surface area contributed by atoms with Crippen LogP contribution in [0, 0.1) is 11.3 Å². The summed E-state index contributed by atoms with van der Waals surface area (Å²) in [5, 5.41) is 0. The van der Waals surface area contributed by atoms with Gasteiger partial charge < -0.3 is 19.1 Å². The van der Waals surface area contributed by atoms with Crippen LogP contribution in [0.4, 0.5) is 0 Å². The molecular formula is C22H43NO3. The van der Waals surface area contributed by atoms with Crippen molar-refractivity contribution >= 4 is 0 Å². The van der Waals surface area contributed by atoms with Crippen LogP contribution in [0.2, 0.25) is 0 Å². The predicted molar refractivity (Wildman–Crippen MR) is 107 cm³/mol. The standard InChI is InChI=1S/C22H43NO3/c1-6-12-21(3,4)19-9-13-22(14-10-19)25-18-20(26-22)11-16-23(7-2)15-8-17-24-5/h19-20H,6-18H2,1-5H3. The van der Waals surface area contributed by atoms with Crippen LogP contribution in [0.1, 0.15) is 79.1 Å². The molecule has 2 aliphatic rings. The fourth-order valence-corrected chi connectivity index (χ4v) is 4.90. The van der Waals surface area contributed by atoms with Crippen LogP contribution in [-0.2, 0) is 14.2 Å². The lowest BCUT2D eigenvalue weighted by Crippen LogP contribution is -2.39. The maximum absolute atomic E-state index is 6.46. The van der Waals surface area contributed by atoms with E-state index in [1.54, 1.807) is 7.11 Å². The molecule has 1 saturated carbocycles. The van der Waals surface area contributed by atoms with Crippen LogP contribution >= 0.6 is 0 Å². The lowest BCUT2D eigenvalue weighted by atomic mass is 9.68. The SMILES string of the molecule is CCCC(C)(C)C1CCC2(CC1)OCC(CCN(CC)CCCOC)O2. The van der Waals surface area contributed by atoms with Crippen molar-refractivity contribution in [2.75, 3.05) is 40.0 Å². The van der Waals surface area contributed by atoms with Gasteiger partial charge in [-0.1, -0.05) is 34.1 Å². The Hall–Kier alpha value is -0.160. The molecule has 1 atom stereocenters. The lowest BCUT2D eigenvalue weighted by Gasteiger charge is -2.42. The van der Waals surface area contributed by atoms with Crippen LogP contribution in [0.3, 0.4) is 0 Å². The summed E-state index contributed by atoms with van der Waals surface area (Å²) < 4.78 is 17.8. The van der Waals surface area contributed by atoms with E-state index >= 15 is 0 Å². The average molecular weight is 370 g/mol. The third-order valence-corrected chi connectivity index (χ3v) is 6.70. The summed E-state index contributed by atoms with van der Waals surface area (Å²) >= 11 is 0. The topological polar surface area (TPSA) is 30.9 Å². The van der Waals surface area contributed by atoms with Crippen molar-refractivity contribution in [3.63, 3.8) is 0 Å². The zero-order valence-electron chi connectivity index (χ0n) is 18.0. The minimum absolute atomic E-state index is 0.267. The lowest BCUT2D eigenvalue weighted by molar-refractivity contribution is -0.197. The molecule has 0 aromatic heterocycles. The van der Waals surface area contributed by atoms with Crippen molar-refractivity contribution in [3.8, 4) is 0 Å². The zero-order valence-corrected chi connectivity index (χ0v) is 18.0. The largest absolute Gasteiger partial charge is 0.385 e. The van der Waals surface area contributed by atoms with E-state index in [4.69, 9.17) is 14.2 Å². The molecule has 4 heteroatoms. The van der Waals surface area contributed by atoms with Gasteiger partial charge in [-0.3, -0.25) is 0 Å². The quantitative estimate of drug-likeness (QED) is 0.487. The first kappa shape index (κ1) is 22.1. The van der Waals surface area contributed by atoms with E-state index in [9.17, 15) is 0 Å². The fourth-order valence-electron chi connectivity index (χ4n) is 4.90. The van der Waals surface area contributed by atoms with Crippen molar-refractivity contribution in [1.29, 1.82) is 0 Å². The molecule has 2 rings (SSSR count). The van der Waals surface area contributed by atoms with Gasteiger partial charge in [-0.05, 0) is 50.0 Å². The molecule has 0 aromatic rings. The van der Waals surface area contributed by atoms with Crippen molar-refractivity contribution in [2.45, 2.75) is 91.0 Å². The molecule has 1 heterocycles. The Bertz CT molecular complexity index is 391. The molecule has 0 radical (unpaired) electrons. The number of hydrogen-bond acceptors (Lipinski definition) is 4. The first-order chi connectivity index (χ1) is 12.4. The van der Waals surface area contributed by atoms with Crippen LogP contribution < -0.4 is 0 Å². The van der Waals surface area contributed by atoms with Gasteiger partial charge >= 0.3 is 0 Å². The van der Waals surface area contributed by atoms with Crippen molar-refractivity contribution < 1.29 is 14.2 Å². The number of nitrogens with zero attached hydrogens (tertiary/aromatic N) is 1. The maximum atomic E-state index is 6.46. The molecule has 0 N–H and O–H groups in total. The smallest absolute Gasteiger partial charge is 0.168 e. The van der Waals surface area contributed by atoms with E-state index in [2.05, 4.69) is 32.6 Å². The Balaban J connectivity index is 1.73. The van der Waals surface area contributed by atoms with Gasteiger partial charge in [0, 0.05) is 39.6 Å². The average Bonchev–Trinajstić information content (AvgIpc) is 3.01. The highest BCUT2D eigenvalue weighted by Crippen LogP contribution is 2.47. The van der Waals surface area contributed by atoms with Gasteiger partial charge in [0.15, 0.2) is 5.79 Å². The second kappa shape index (κ2) is 10.4. The molecule has 1 unspecified atom stereocenters. The van der Waals surface area contributed by atoms with Gasteiger partial charge in [0.2, 0.25) is 0 Å². The van der Waals surface area contributed by atoms with E-state index in [1.165, 1.54) is 25.7 Å². The molecule has 26 heavy (non-hydrogen) atoms. The summed E-state index contributed by atoms with van der Waals surface area (Å²) in [7, 11) is 1.78. The maximum Gasteiger partial charge on any atom is 0.168 e. The third-order valence-electron chi connectivity index (χ3n) is 6.70. The Morgan fingerprint density at radius 1 is 1.15 bits per heavy atom. The van der Waals surface area contributed by atoms with Crippen molar-refractivity contribution in [2.24, 2.45) is 11.3 Å². The minimum atomic E-state index is -0.267. The minimum Gasteiger partial charge on any atom is -0.385 e. The number of rotatable bonds is 11. The number of methoxy groups -OCH3 is 1. The van der Waals surface area contributed by atoms with Gasteiger partial charge in [-0.25, -0.2) is 0 Å². The van der Waals surface area contributed by atoms with E-state index in [-0.39, 0.29) is 11.9 Å². The molecule has 2 fully saturated rings. The van der Waals surface area contributed by atoms with E-state index in [0.29, 0.717) is 5.41 Å². The van der Waals surface area contributed by atoms with Gasteiger partial charge in [0.25, 0.3) is 0 Å². The Labute approximate surface area is 161 Å². The van der Waals surface area contributed by atoms with E-state index < -0.39 is 0 Å². The third kappa shape index (κ3) is 6.19. The Morgan fingerprint density at radius 2 is 1.88 bits per heavy atom. The van der Waals surface area contributed by atoms with Crippen molar-refractivity contribution in [1.82, 2.24) is 4.90 Å². The summed E-state index contributed by atoms with van der Waals surface area (Å²) in [6, 6.07) is 0. The van der Waals surface area contributed by atoms with Crippen molar-refractivity contribution in [3.05, 3.63) is 0 Å². The molecule has 1 aliphatic heterocycles. The molecule has 0 amide bonds. The second-order valence-corrected chi connectivity index (χ2v) is 9.04. The van der Waals surface area contributed by atoms with Gasteiger partial charge in [0.05, 0.1) is 12.7 Å². The Kier molecular flexibility index (Phi) is 8.85. The summed E-state index contributed by atoms with van der Waals surface area (Å²) in [6.45, 7) is 14.3. The molecule has 154 valence electrons. The monoisotopic (exact) mass is 369 g/mol. The molecule has 1 spiro atoms. The van der Waals surface area contributed by atoms with Crippen LogP contribution in [0.25, 0.3) is 0 Å². The van der Waals surface area contributed by atoms with Gasteiger partial charge in [-0.2, -0.15) is 0 Å². The summed E-state index contributed by atoms with van der Waals surface area (Å²) in [6.07, 6.45) is 9.70.